The smallest absolute Gasteiger partial charge is 0.208 e. The zero-order valence-corrected chi connectivity index (χ0v) is 7.99. The van der Waals surface area contributed by atoms with Crippen molar-refractivity contribution in [2.45, 2.75) is 0 Å². The average Bonchev–Trinajstić information content (AvgIpc) is 2.54. The highest BCUT2D eigenvalue weighted by Crippen LogP contribution is 2.27. The Morgan fingerprint density at radius 2 is 1.87 bits per heavy atom. The molecule has 0 saturated heterocycles. The molecule has 0 atom stereocenters. The van der Waals surface area contributed by atoms with Crippen LogP contribution in [0.1, 0.15) is 0 Å². The lowest BCUT2D eigenvalue weighted by Crippen LogP contribution is -2.24. The molecule has 15 heavy (non-hydrogen) atoms. The van der Waals surface area contributed by atoms with Crippen molar-refractivity contribution >= 4 is 28.4 Å². The Morgan fingerprint density at radius 1 is 1.20 bits per heavy atom. The summed E-state index contributed by atoms with van der Waals surface area (Å²) in [4.78, 5) is 2.96. The Labute approximate surface area is 86.1 Å². The number of fused-ring (bicyclic) bond motifs is 1. The van der Waals surface area contributed by atoms with Crippen LogP contribution in [0.3, 0.4) is 0 Å². The molecule has 0 amide bonds. The normalized spacial score (nSPS) is 10.1. The number of guanidine groups is 1. The van der Waals surface area contributed by atoms with E-state index in [-0.39, 0.29) is 5.96 Å². The van der Waals surface area contributed by atoms with Gasteiger partial charge in [-0.3, -0.25) is 5.43 Å². The van der Waals surface area contributed by atoms with Crippen LogP contribution in [-0.4, -0.2) is 10.9 Å². The van der Waals surface area contributed by atoms with Gasteiger partial charge in [0.15, 0.2) is 0 Å². The zero-order valence-electron chi connectivity index (χ0n) is 7.99. The van der Waals surface area contributed by atoms with Crippen LogP contribution < -0.4 is 22.6 Å². The van der Waals surface area contributed by atoms with Crippen molar-refractivity contribution in [3.8, 4) is 0 Å². The molecule has 0 fully saturated rings. The number of rotatable bonds is 2. The van der Waals surface area contributed by atoms with E-state index in [1.807, 2.05) is 24.3 Å². The number of hydrogen-bond donors (Lipinski definition) is 5. The van der Waals surface area contributed by atoms with Gasteiger partial charge in [-0.2, -0.15) is 0 Å². The highest BCUT2D eigenvalue weighted by Gasteiger charge is 2.05. The van der Waals surface area contributed by atoms with Crippen molar-refractivity contribution in [1.82, 2.24) is 4.98 Å². The van der Waals surface area contributed by atoms with Crippen molar-refractivity contribution in [3.63, 3.8) is 0 Å². The highest BCUT2D eigenvalue weighted by molar-refractivity contribution is 6.00. The molecule has 8 N–H and O–H groups in total. The van der Waals surface area contributed by atoms with E-state index >= 15 is 0 Å². The summed E-state index contributed by atoms with van der Waals surface area (Å²) in [5.74, 6) is 1.22. The molecule has 6 nitrogen and oxygen atoms in total. The predicted molar refractivity (Wildman–Crippen MR) is 62.1 cm³/mol. The Morgan fingerprint density at radius 3 is 2.53 bits per heavy atom. The molecule has 1 aromatic carbocycles. The fourth-order valence-electron chi connectivity index (χ4n) is 1.41. The number of nitrogen functional groups attached to an aromatic ring is 1. The van der Waals surface area contributed by atoms with Gasteiger partial charge >= 0.3 is 0 Å². The lowest BCUT2D eigenvalue weighted by molar-refractivity contribution is 1.25. The van der Waals surface area contributed by atoms with E-state index in [1.54, 1.807) is 0 Å². The first-order valence-corrected chi connectivity index (χ1v) is 4.39. The van der Waals surface area contributed by atoms with Gasteiger partial charge in [-0.1, -0.05) is 24.3 Å². The van der Waals surface area contributed by atoms with Crippen LogP contribution in [0, 0.1) is 0 Å². The standard InChI is InChI=1S/C9H12N6/c10-7-5-3-1-2-4-6(5)8(13-7)14-15-9(11)12/h1-4,13-14H,10H2,(H4,11,12,15). The maximum Gasteiger partial charge on any atom is 0.208 e. The van der Waals surface area contributed by atoms with Crippen LogP contribution in [0.5, 0.6) is 0 Å². The third-order valence-corrected chi connectivity index (χ3v) is 2.04. The molecule has 78 valence electrons. The van der Waals surface area contributed by atoms with Gasteiger partial charge in [-0.25, -0.2) is 0 Å². The number of nitrogens with two attached hydrogens (primary N) is 3. The van der Waals surface area contributed by atoms with Gasteiger partial charge in [0.2, 0.25) is 5.96 Å². The summed E-state index contributed by atoms with van der Waals surface area (Å²) in [5.41, 5.74) is 18.9. The van der Waals surface area contributed by atoms with Crippen LogP contribution >= 0.6 is 0 Å². The largest absolute Gasteiger partial charge is 0.385 e. The summed E-state index contributed by atoms with van der Waals surface area (Å²) < 4.78 is 0. The number of aromatic nitrogens is 1. The molecular formula is C9H12N6. The molecular weight excluding hydrogens is 192 g/mol. The number of nitrogens with one attached hydrogen (secondary N) is 2. The summed E-state index contributed by atoms with van der Waals surface area (Å²) in [6, 6.07) is 7.67. The second-order valence-corrected chi connectivity index (χ2v) is 3.11. The van der Waals surface area contributed by atoms with Gasteiger partial charge in [0.1, 0.15) is 11.6 Å². The van der Waals surface area contributed by atoms with E-state index in [1.165, 1.54) is 0 Å². The second kappa shape index (κ2) is 3.41. The van der Waals surface area contributed by atoms with Crippen LogP contribution in [-0.2, 0) is 0 Å². The number of H-pyrrole nitrogens is 1. The van der Waals surface area contributed by atoms with Crippen molar-refractivity contribution < 1.29 is 0 Å². The molecule has 0 aliphatic carbocycles. The maximum atomic E-state index is 5.78. The molecule has 1 aromatic heterocycles. The third kappa shape index (κ3) is 1.64. The Bertz CT molecular complexity index is 508. The SMILES string of the molecule is NC(N)=NNc1[nH]c(N)c2ccccc12. The highest BCUT2D eigenvalue weighted by atomic mass is 15.4. The van der Waals surface area contributed by atoms with E-state index in [2.05, 4.69) is 15.5 Å². The molecule has 0 bridgehead atoms. The fourth-order valence-corrected chi connectivity index (χ4v) is 1.41. The van der Waals surface area contributed by atoms with Crippen molar-refractivity contribution in [2.75, 3.05) is 11.2 Å². The molecule has 0 saturated carbocycles. The second-order valence-electron chi connectivity index (χ2n) is 3.11. The first-order valence-electron chi connectivity index (χ1n) is 4.39. The summed E-state index contributed by atoms with van der Waals surface area (Å²) in [6.07, 6.45) is 0. The Hall–Kier alpha value is -2.37. The average molecular weight is 204 g/mol. The zero-order chi connectivity index (χ0) is 10.8. The van der Waals surface area contributed by atoms with Crippen molar-refractivity contribution in [3.05, 3.63) is 24.3 Å². The van der Waals surface area contributed by atoms with Gasteiger partial charge < -0.3 is 22.2 Å². The maximum absolute atomic E-state index is 5.78. The van der Waals surface area contributed by atoms with E-state index in [4.69, 9.17) is 17.2 Å². The molecule has 2 aromatic rings. The quantitative estimate of drug-likeness (QED) is 0.275. The lowest BCUT2D eigenvalue weighted by Gasteiger charge is -1.97. The number of anilines is 2. The number of hydrazone groups is 1. The molecule has 0 radical (unpaired) electrons. The Balaban J connectivity index is 2.48. The molecule has 0 spiro atoms. The van der Waals surface area contributed by atoms with Crippen LogP contribution in [0.15, 0.2) is 29.4 Å². The monoisotopic (exact) mass is 204 g/mol. The van der Waals surface area contributed by atoms with Gasteiger partial charge in [0.25, 0.3) is 0 Å². The number of hydrogen-bond acceptors (Lipinski definition) is 3. The van der Waals surface area contributed by atoms with E-state index < -0.39 is 0 Å². The predicted octanol–water partition coefficient (Wildman–Crippen LogP) is 0.350. The lowest BCUT2D eigenvalue weighted by atomic mass is 10.2. The number of aromatic amines is 1. The topological polar surface area (TPSA) is 118 Å². The minimum absolute atomic E-state index is 0.0350. The summed E-state index contributed by atoms with van der Waals surface area (Å²) in [6.45, 7) is 0. The minimum atomic E-state index is -0.0350. The van der Waals surface area contributed by atoms with E-state index in [0.29, 0.717) is 11.6 Å². The van der Waals surface area contributed by atoms with Gasteiger partial charge in [-0.15, -0.1) is 5.10 Å². The molecule has 6 heteroatoms. The number of benzene rings is 1. The van der Waals surface area contributed by atoms with Crippen molar-refractivity contribution in [2.24, 2.45) is 16.6 Å². The first kappa shape index (κ1) is 9.20. The Kier molecular flexibility index (Phi) is 2.09. The molecule has 0 unspecified atom stereocenters. The minimum Gasteiger partial charge on any atom is -0.385 e. The number of nitrogens with zero attached hydrogens (tertiary/aromatic N) is 1. The fraction of sp³-hybridized carbons (Fsp3) is 0. The van der Waals surface area contributed by atoms with Crippen molar-refractivity contribution in [1.29, 1.82) is 0 Å². The molecule has 2 rings (SSSR count). The van der Waals surface area contributed by atoms with Gasteiger partial charge in [0.05, 0.1) is 0 Å². The van der Waals surface area contributed by atoms with E-state index in [9.17, 15) is 0 Å². The van der Waals surface area contributed by atoms with E-state index in [0.717, 1.165) is 10.8 Å². The first-order chi connectivity index (χ1) is 7.18. The summed E-state index contributed by atoms with van der Waals surface area (Å²) in [7, 11) is 0. The van der Waals surface area contributed by atoms with Gasteiger partial charge in [0, 0.05) is 10.8 Å². The molecule has 1 heterocycles. The molecule has 0 aliphatic heterocycles. The molecule has 0 aliphatic rings. The third-order valence-electron chi connectivity index (χ3n) is 2.04. The van der Waals surface area contributed by atoms with Crippen LogP contribution in [0.4, 0.5) is 11.6 Å². The van der Waals surface area contributed by atoms with Gasteiger partial charge in [-0.05, 0) is 0 Å². The summed E-state index contributed by atoms with van der Waals surface area (Å²) in [5, 5.41) is 5.57. The van der Waals surface area contributed by atoms with Crippen LogP contribution in [0.25, 0.3) is 10.8 Å². The summed E-state index contributed by atoms with van der Waals surface area (Å²) >= 11 is 0. The van der Waals surface area contributed by atoms with Crippen LogP contribution in [0.2, 0.25) is 0 Å².